The van der Waals surface area contributed by atoms with Crippen LogP contribution in [-0.4, -0.2) is 80.9 Å². The number of aliphatic hydroxyl groups is 1. The van der Waals surface area contributed by atoms with Crippen molar-refractivity contribution in [1.82, 2.24) is 9.80 Å². The van der Waals surface area contributed by atoms with Gasteiger partial charge in [-0.1, -0.05) is 29.8 Å². The number of rotatable bonds is 12. The van der Waals surface area contributed by atoms with Crippen molar-refractivity contribution in [3.05, 3.63) is 57.2 Å². The van der Waals surface area contributed by atoms with Crippen LogP contribution >= 0.6 is 22.9 Å². The first-order valence-corrected chi connectivity index (χ1v) is 11.2. The fourth-order valence-electron chi connectivity index (χ4n) is 2.74. The molecule has 0 aliphatic rings. The number of carboxylic acids is 3. The van der Waals surface area contributed by atoms with Crippen LogP contribution in [0.3, 0.4) is 0 Å². The Kier molecular flexibility index (Phi) is 12.0. The second kappa shape index (κ2) is 13.9. The summed E-state index contributed by atoms with van der Waals surface area (Å²) in [6.45, 7) is 4.10. The summed E-state index contributed by atoms with van der Waals surface area (Å²) < 4.78 is 0. The zero-order valence-electron chi connectivity index (χ0n) is 18.5. The Hall–Kier alpha value is -2.50. The number of likely N-dealkylation sites (N-methyl/N-ethyl adjacent to an activating group) is 1. The molecular weight excluding hydrogens is 472 g/mol. The summed E-state index contributed by atoms with van der Waals surface area (Å²) in [6.07, 6.45) is -2.29. The van der Waals surface area contributed by atoms with Gasteiger partial charge >= 0.3 is 17.9 Å². The van der Waals surface area contributed by atoms with Gasteiger partial charge in [-0.15, -0.1) is 11.3 Å². The van der Waals surface area contributed by atoms with Gasteiger partial charge in [0, 0.05) is 36.1 Å². The van der Waals surface area contributed by atoms with Crippen LogP contribution in [0.2, 0.25) is 5.02 Å². The molecule has 0 aliphatic heterocycles. The van der Waals surface area contributed by atoms with E-state index >= 15 is 0 Å². The lowest BCUT2D eigenvalue weighted by atomic mass is 9.96. The van der Waals surface area contributed by atoms with Crippen LogP contribution in [0.5, 0.6) is 0 Å². The Morgan fingerprint density at radius 2 is 1.52 bits per heavy atom. The molecule has 0 amide bonds. The molecule has 0 bridgehead atoms. The molecule has 0 radical (unpaired) electrons. The zero-order valence-corrected chi connectivity index (χ0v) is 20.1. The van der Waals surface area contributed by atoms with Crippen LogP contribution in [0.4, 0.5) is 0 Å². The molecular formula is C22H29ClN2O7S. The SMILES string of the molecule is CN(C)CCN(Cc1ccc(Cl)cc1)Cc1cccs1.O=C(O)CC(O)(CC(=O)O)C(=O)O. The van der Waals surface area contributed by atoms with Crippen molar-refractivity contribution in [2.24, 2.45) is 0 Å². The van der Waals surface area contributed by atoms with E-state index in [-0.39, 0.29) is 0 Å². The van der Waals surface area contributed by atoms with Crippen LogP contribution in [0.1, 0.15) is 23.3 Å². The molecule has 0 unspecified atom stereocenters. The standard InChI is InChI=1S/C16H21ClN2S.C6H8O7/c1-18(2)9-10-19(13-16-4-3-11-20-16)12-14-5-7-15(17)8-6-14;7-3(8)1-6(13,5(11)12)2-4(9)10/h3-8,11H,9-10,12-13H2,1-2H3;13H,1-2H2,(H,7,8)(H,9,10)(H,11,12). The predicted molar refractivity (Wildman–Crippen MR) is 126 cm³/mol. The van der Waals surface area contributed by atoms with Crippen molar-refractivity contribution in [3.8, 4) is 0 Å². The maximum absolute atomic E-state index is 10.3. The minimum absolute atomic E-state index is 0.798. The number of nitrogens with zero attached hydrogens (tertiary/aromatic N) is 2. The van der Waals surface area contributed by atoms with E-state index < -0.39 is 36.4 Å². The molecule has 2 rings (SSSR count). The highest BCUT2D eigenvalue weighted by atomic mass is 35.5. The fraction of sp³-hybridized carbons (Fsp3) is 0.409. The van der Waals surface area contributed by atoms with Crippen molar-refractivity contribution in [2.75, 3.05) is 27.2 Å². The summed E-state index contributed by atoms with van der Waals surface area (Å²) >= 11 is 7.77. The number of carboxylic acid groups (broad SMARTS) is 3. The van der Waals surface area contributed by atoms with Gasteiger partial charge in [0.1, 0.15) is 0 Å². The lowest BCUT2D eigenvalue weighted by Crippen LogP contribution is -2.42. The van der Waals surface area contributed by atoms with E-state index in [9.17, 15) is 14.4 Å². The lowest BCUT2D eigenvalue weighted by Gasteiger charge is -2.23. The maximum Gasteiger partial charge on any atom is 0.336 e. The highest BCUT2D eigenvalue weighted by Crippen LogP contribution is 2.17. The first kappa shape index (κ1) is 28.5. The molecule has 0 spiro atoms. The number of thiophene rings is 1. The number of carbonyl (C=O) groups is 3. The Balaban J connectivity index is 0.000000366. The fourth-order valence-corrected chi connectivity index (χ4v) is 3.61. The molecule has 1 aromatic heterocycles. The van der Waals surface area contributed by atoms with Crippen molar-refractivity contribution < 1.29 is 34.8 Å². The normalized spacial score (nSPS) is 11.2. The Bertz CT molecular complexity index is 873. The summed E-state index contributed by atoms with van der Waals surface area (Å²) in [5.74, 6) is -5.02. The molecule has 182 valence electrons. The van der Waals surface area contributed by atoms with Gasteiger partial charge in [-0.05, 0) is 43.2 Å². The molecule has 0 aliphatic carbocycles. The average Bonchev–Trinajstić information content (AvgIpc) is 3.20. The quantitative estimate of drug-likeness (QED) is 0.346. The highest BCUT2D eigenvalue weighted by Gasteiger charge is 2.40. The van der Waals surface area contributed by atoms with Crippen LogP contribution in [-0.2, 0) is 27.5 Å². The van der Waals surface area contributed by atoms with E-state index in [4.69, 9.17) is 32.0 Å². The van der Waals surface area contributed by atoms with E-state index in [0.717, 1.165) is 31.2 Å². The molecule has 0 saturated heterocycles. The van der Waals surface area contributed by atoms with Crippen molar-refractivity contribution in [2.45, 2.75) is 31.5 Å². The molecule has 0 saturated carbocycles. The van der Waals surface area contributed by atoms with Gasteiger partial charge in [-0.2, -0.15) is 0 Å². The largest absolute Gasteiger partial charge is 0.481 e. The van der Waals surface area contributed by atoms with Gasteiger partial charge in [-0.25, -0.2) is 4.79 Å². The molecule has 4 N–H and O–H groups in total. The molecule has 0 fully saturated rings. The van der Waals surface area contributed by atoms with Crippen molar-refractivity contribution >= 4 is 40.8 Å². The van der Waals surface area contributed by atoms with Gasteiger partial charge in [-0.3, -0.25) is 14.5 Å². The third kappa shape index (κ3) is 11.8. The summed E-state index contributed by atoms with van der Waals surface area (Å²) in [6, 6.07) is 12.5. The van der Waals surface area contributed by atoms with E-state index in [1.54, 1.807) is 0 Å². The number of hydrogen-bond acceptors (Lipinski definition) is 7. The molecule has 1 heterocycles. The maximum atomic E-state index is 10.3. The third-order valence-corrected chi connectivity index (χ3v) is 5.54. The van der Waals surface area contributed by atoms with Gasteiger partial charge in [0.15, 0.2) is 5.60 Å². The third-order valence-electron chi connectivity index (χ3n) is 4.43. The summed E-state index contributed by atoms with van der Waals surface area (Å²) in [5.41, 5.74) is -1.43. The van der Waals surface area contributed by atoms with Crippen molar-refractivity contribution in [1.29, 1.82) is 0 Å². The summed E-state index contributed by atoms with van der Waals surface area (Å²) in [7, 11) is 4.23. The molecule has 0 atom stereocenters. The highest BCUT2D eigenvalue weighted by molar-refractivity contribution is 7.09. The lowest BCUT2D eigenvalue weighted by molar-refractivity contribution is -0.170. The Labute approximate surface area is 201 Å². The van der Waals surface area contributed by atoms with Gasteiger partial charge in [0.25, 0.3) is 0 Å². The number of aliphatic carboxylic acids is 3. The van der Waals surface area contributed by atoms with Crippen LogP contribution < -0.4 is 0 Å². The smallest absolute Gasteiger partial charge is 0.336 e. The molecule has 11 heteroatoms. The number of hydrogen-bond donors (Lipinski definition) is 4. The molecule has 9 nitrogen and oxygen atoms in total. The minimum atomic E-state index is -2.74. The van der Waals surface area contributed by atoms with Crippen LogP contribution in [0.15, 0.2) is 41.8 Å². The summed E-state index contributed by atoms with van der Waals surface area (Å²) in [4.78, 5) is 36.6. The first-order valence-electron chi connectivity index (χ1n) is 9.94. The van der Waals surface area contributed by atoms with Gasteiger partial charge in [0.2, 0.25) is 0 Å². The molecule has 2 aromatic rings. The van der Waals surface area contributed by atoms with Crippen molar-refractivity contribution in [3.63, 3.8) is 0 Å². The van der Waals surface area contributed by atoms with Crippen LogP contribution in [0.25, 0.3) is 0 Å². The predicted octanol–water partition coefficient (Wildman–Crippen LogP) is 2.72. The Morgan fingerprint density at radius 1 is 0.939 bits per heavy atom. The number of halogens is 1. The van der Waals surface area contributed by atoms with E-state index in [1.165, 1.54) is 10.4 Å². The van der Waals surface area contributed by atoms with E-state index in [1.807, 2.05) is 23.5 Å². The topological polar surface area (TPSA) is 139 Å². The zero-order chi connectivity index (χ0) is 25.0. The second-order valence-corrected chi connectivity index (χ2v) is 9.17. The monoisotopic (exact) mass is 500 g/mol. The average molecular weight is 501 g/mol. The molecule has 1 aromatic carbocycles. The number of benzene rings is 1. The van der Waals surface area contributed by atoms with E-state index in [0.29, 0.717) is 0 Å². The van der Waals surface area contributed by atoms with E-state index in [2.05, 4.69) is 53.5 Å². The Morgan fingerprint density at radius 3 is 1.94 bits per heavy atom. The van der Waals surface area contributed by atoms with Gasteiger partial charge in [0.05, 0.1) is 12.8 Å². The first-order chi connectivity index (χ1) is 15.4. The second-order valence-electron chi connectivity index (χ2n) is 7.70. The van der Waals surface area contributed by atoms with Gasteiger partial charge < -0.3 is 25.3 Å². The van der Waals surface area contributed by atoms with Crippen LogP contribution in [0, 0.1) is 0 Å². The minimum Gasteiger partial charge on any atom is -0.481 e. The molecule has 33 heavy (non-hydrogen) atoms. The summed E-state index contributed by atoms with van der Waals surface area (Å²) in [5, 5.41) is 36.7.